The van der Waals surface area contributed by atoms with Gasteiger partial charge in [0.15, 0.2) is 0 Å². The summed E-state index contributed by atoms with van der Waals surface area (Å²) in [5, 5.41) is 4.02. The van der Waals surface area contributed by atoms with E-state index in [9.17, 15) is 13.2 Å². The number of amides is 1. The van der Waals surface area contributed by atoms with Gasteiger partial charge in [-0.1, -0.05) is 30.3 Å². The molecule has 1 amide bonds. The summed E-state index contributed by atoms with van der Waals surface area (Å²) in [5.74, 6) is -0.346. The topological polar surface area (TPSA) is 82.1 Å². The average Bonchev–Trinajstić information content (AvgIpc) is 2.79. The lowest BCUT2D eigenvalue weighted by atomic mass is 10.1. The number of anilines is 2. The van der Waals surface area contributed by atoms with Crippen LogP contribution >= 0.6 is 0 Å². The van der Waals surface area contributed by atoms with Gasteiger partial charge < -0.3 is 4.90 Å². The summed E-state index contributed by atoms with van der Waals surface area (Å²) in [6.45, 7) is 4.11. The smallest absolute Gasteiger partial charge is 0.271 e. The summed E-state index contributed by atoms with van der Waals surface area (Å²) in [6.07, 6.45) is 2.77. The van der Waals surface area contributed by atoms with Crippen molar-refractivity contribution >= 4 is 33.5 Å². The maximum atomic E-state index is 12.4. The lowest BCUT2D eigenvalue weighted by molar-refractivity contribution is 0.0955. The van der Waals surface area contributed by atoms with Crippen molar-refractivity contribution in [1.82, 2.24) is 5.43 Å². The number of nitrogens with one attached hydrogen (secondary N) is 1. The number of benzene rings is 3. The zero-order valence-electron chi connectivity index (χ0n) is 20.1. The van der Waals surface area contributed by atoms with Gasteiger partial charge in [-0.2, -0.15) is 5.10 Å². The van der Waals surface area contributed by atoms with Crippen LogP contribution in [-0.2, 0) is 16.6 Å². The predicted molar refractivity (Wildman–Crippen MR) is 139 cm³/mol. The largest absolute Gasteiger partial charge is 0.378 e. The lowest BCUT2D eigenvalue weighted by Crippen LogP contribution is -2.29. The van der Waals surface area contributed by atoms with Gasteiger partial charge in [0.25, 0.3) is 5.91 Å². The average molecular weight is 479 g/mol. The van der Waals surface area contributed by atoms with E-state index in [0.29, 0.717) is 11.3 Å². The fourth-order valence-electron chi connectivity index (χ4n) is 3.30. The monoisotopic (exact) mass is 478 g/mol. The number of carbonyl (C=O) groups is 1. The SMILES string of the molecule is Cc1ccc(N(Cc2ccc(C(=O)N/N=C\c3ccc(N(C)C)cc3)cc2)S(C)(=O)=O)cc1C. The summed E-state index contributed by atoms with van der Waals surface area (Å²) >= 11 is 0. The molecular formula is C26H30N4O3S. The predicted octanol–water partition coefficient (Wildman–Crippen LogP) is 4.10. The van der Waals surface area contributed by atoms with Crippen molar-refractivity contribution in [3.05, 3.63) is 94.5 Å². The Morgan fingerprint density at radius 1 is 0.912 bits per heavy atom. The van der Waals surface area contributed by atoms with Crippen LogP contribution in [0.2, 0.25) is 0 Å². The number of hydrogen-bond acceptors (Lipinski definition) is 5. The molecule has 0 radical (unpaired) electrons. The number of sulfonamides is 1. The van der Waals surface area contributed by atoms with Gasteiger partial charge in [0.05, 0.1) is 24.7 Å². The van der Waals surface area contributed by atoms with Crippen molar-refractivity contribution in [1.29, 1.82) is 0 Å². The first kappa shape index (κ1) is 25.0. The number of rotatable bonds is 8. The molecule has 0 unspecified atom stereocenters. The lowest BCUT2D eigenvalue weighted by Gasteiger charge is -2.23. The molecule has 7 nitrogen and oxygen atoms in total. The molecule has 0 fully saturated rings. The highest BCUT2D eigenvalue weighted by Crippen LogP contribution is 2.23. The molecule has 0 atom stereocenters. The van der Waals surface area contributed by atoms with Crippen LogP contribution < -0.4 is 14.6 Å². The van der Waals surface area contributed by atoms with Crippen molar-refractivity contribution < 1.29 is 13.2 Å². The Morgan fingerprint density at radius 3 is 2.09 bits per heavy atom. The third-order valence-corrected chi connectivity index (χ3v) is 6.65. The van der Waals surface area contributed by atoms with Gasteiger partial charge in [-0.05, 0) is 72.5 Å². The standard InChI is InChI=1S/C26H30N4O3S/c1-19-6-13-25(16-20(19)2)30(34(5,32)33)18-22-7-11-23(12-8-22)26(31)28-27-17-21-9-14-24(15-10-21)29(3)4/h6-17H,18H2,1-5H3,(H,28,31)/b27-17-. The second-order valence-corrected chi connectivity index (χ2v) is 10.3. The summed E-state index contributed by atoms with van der Waals surface area (Å²) in [6, 6.07) is 20.2. The fraction of sp³-hybridized carbons (Fsp3) is 0.231. The van der Waals surface area contributed by atoms with Crippen LogP contribution in [-0.4, -0.2) is 40.9 Å². The normalized spacial score (nSPS) is 11.4. The first-order chi connectivity index (χ1) is 16.0. The molecule has 3 aromatic carbocycles. The number of aryl methyl sites for hydroxylation is 2. The molecule has 0 aliphatic carbocycles. The van der Waals surface area contributed by atoms with E-state index in [1.807, 2.05) is 69.2 Å². The van der Waals surface area contributed by atoms with E-state index in [0.717, 1.165) is 27.9 Å². The van der Waals surface area contributed by atoms with E-state index in [1.54, 1.807) is 36.5 Å². The van der Waals surface area contributed by atoms with E-state index in [1.165, 1.54) is 10.6 Å². The maximum Gasteiger partial charge on any atom is 0.271 e. The molecule has 0 spiro atoms. The molecule has 0 heterocycles. The van der Waals surface area contributed by atoms with Gasteiger partial charge in [0.2, 0.25) is 10.0 Å². The van der Waals surface area contributed by atoms with E-state index < -0.39 is 10.0 Å². The molecule has 8 heteroatoms. The van der Waals surface area contributed by atoms with Crippen molar-refractivity contribution in [3.8, 4) is 0 Å². The molecule has 1 N–H and O–H groups in total. The number of hydrazone groups is 1. The summed E-state index contributed by atoms with van der Waals surface area (Å²) in [7, 11) is 0.452. The summed E-state index contributed by atoms with van der Waals surface area (Å²) in [5.41, 5.74) is 8.40. The van der Waals surface area contributed by atoms with Crippen LogP contribution in [0, 0.1) is 13.8 Å². The Kier molecular flexibility index (Phi) is 7.73. The molecule has 0 saturated carbocycles. The zero-order chi connectivity index (χ0) is 24.9. The molecule has 0 saturated heterocycles. The highest BCUT2D eigenvalue weighted by Gasteiger charge is 2.18. The fourth-order valence-corrected chi connectivity index (χ4v) is 4.18. The second kappa shape index (κ2) is 10.5. The molecule has 0 aliphatic heterocycles. The van der Waals surface area contributed by atoms with Crippen LogP contribution in [0.3, 0.4) is 0 Å². The maximum absolute atomic E-state index is 12.4. The van der Waals surface area contributed by atoms with Crippen LogP contribution in [0.5, 0.6) is 0 Å². The quantitative estimate of drug-likeness (QED) is 0.390. The first-order valence-electron chi connectivity index (χ1n) is 10.8. The van der Waals surface area contributed by atoms with Crippen LogP contribution in [0.15, 0.2) is 71.8 Å². The first-order valence-corrected chi connectivity index (χ1v) is 12.6. The minimum absolute atomic E-state index is 0.171. The summed E-state index contributed by atoms with van der Waals surface area (Å²) in [4.78, 5) is 14.4. The van der Waals surface area contributed by atoms with E-state index in [-0.39, 0.29) is 12.5 Å². The third kappa shape index (κ3) is 6.45. The van der Waals surface area contributed by atoms with Crippen LogP contribution in [0.25, 0.3) is 0 Å². The Morgan fingerprint density at radius 2 is 1.53 bits per heavy atom. The molecule has 34 heavy (non-hydrogen) atoms. The van der Waals surface area contributed by atoms with Crippen molar-refractivity contribution in [2.24, 2.45) is 5.10 Å². The van der Waals surface area contributed by atoms with Gasteiger partial charge >= 0.3 is 0 Å². The third-order valence-electron chi connectivity index (χ3n) is 5.51. The Balaban J connectivity index is 1.67. The van der Waals surface area contributed by atoms with Gasteiger partial charge in [0.1, 0.15) is 0 Å². The molecule has 0 aliphatic rings. The second-order valence-electron chi connectivity index (χ2n) is 8.42. The molecular weight excluding hydrogens is 448 g/mol. The van der Waals surface area contributed by atoms with Gasteiger partial charge in [-0.25, -0.2) is 13.8 Å². The highest BCUT2D eigenvalue weighted by atomic mass is 32.2. The minimum Gasteiger partial charge on any atom is -0.378 e. The number of hydrogen-bond donors (Lipinski definition) is 1. The van der Waals surface area contributed by atoms with Gasteiger partial charge in [0, 0.05) is 25.3 Å². The Hall–Kier alpha value is -3.65. The molecule has 3 rings (SSSR count). The van der Waals surface area contributed by atoms with Gasteiger partial charge in [-0.3, -0.25) is 9.10 Å². The molecule has 0 aromatic heterocycles. The zero-order valence-corrected chi connectivity index (χ0v) is 20.9. The van der Waals surface area contributed by atoms with Crippen molar-refractivity contribution in [3.63, 3.8) is 0 Å². The highest BCUT2D eigenvalue weighted by molar-refractivity contribution is 7.92. The van der Waals surface area contributed by atoms with E-state index in [4.69, 9.17) is 0 Å². The molecule has 178 valence electrons. The molecule has 0 bridgehead atoms. The van der Waals surface area contributed by atoms with Gasteiger partial charge in [-0.15, -0.1) is 0 Å². The van der Waals surface area contributed by atoms with Crippen LogP contribution in [0.4, 0.5) is 11.4 Å². The van der Waals surface area contributed by atoms with Crippen molar-refractivity contribution in [2.45, 2.75) is 20.4 Å². The van der Waals surface area contributed by atoms with Crippen molar-refractivity contribution in [2.75, 3.05) is 29.6 Å². The van der Waals surface area contributed by atoms with E-state index >= 15 is 0 Å². The van der Waals surface area contributed by atoms with E-state index in [2.05, 4.69) is 10.5 Å². The number of carbonyl (C=O) groups excluding carboxylic acids is 1. The summed E-state index contributed by atoms with van der Waals surface area (Å²) < 4.78 is 26.2. The molecule has 3 aromatic rings. The van der Waals surface area contributed by atoms with Crippen LogP contribution in [0.1, 0.15) is 32.6 Å². The minimum atomic E-state index is -3.49. The number of nitrogens with zero attached hydrogens (tertiary/aromatic N) is 3. The Labute approximate surface area is 201 Å². The Bertz CT molecular complexity index is 1280.